The van der Waals surface area contributed by atoms with E-state index in [0.29, 0.717) is 37.8 Å². The van der Waals surface area contributed by atoms with Gasteiger partial charge in [0.05, 0.1) is 31.5 Å². The maximum absolute atomic E-state index is 12.8. The highest BCUT2D eigenvalue weighted by Gasteiger charge is 2.33. The summed E-state index contributed by atoms with van der Waals surface area (Å²) in [6, 6.07) is 14.2. The van der Waals surface area contributed by atoms with Gasteiger partial charge in [-0.1, -0.05) is 37.5 Å². The molecular weight excluding hydrogens is 673 g/mol. The number of amides is 1. The number of likely N-dealkylation sites (tertiary alicyclic amines) is 1. The van der Waals surface area contributed by atoms with Crippen LogP contribution in [-0.2, 0) is 31.0 Å². The molecule has 278 valence electrons. The SMILES string of the molecule is COC(=O)c1ccc2c(C3CCCCC3)c3n(c2c1)C[C@H](OCC1CCCN1CCN(C)S(=O)(=O)NC(=O)OC(C)(C)C)COc1ccccc1-3. The van der Waals surface area contributed by atoms with Gasteiger partial charge in [0.2, 0.25) is 0 Å². The molecule has 51 heavy (non-hydrogen) atoms. The number of hydrogen-bond donors (Lipinski definition) is 1. The van der Waals surface area contributed by atoms with Crippen LogP contribution in [0.5, 0.6) is 5.75 Å². The molecule has 2 fully saturated rings. The fraction of sp³-hybridized carbons (Fsp3) is 0.579. The molecule has 0 bridgehead atoms. The molecule has 0 spiro atoms. The number of aromatic nitrogens is 1. The summed E-state index contributed by atoms with van der Waals surface area (Å²) in [5.74, 6) is 0.850. The first-order valence-corrected chi connectivity index (χ1v) is 19.6. The quantitative estimate of drug-likeness (QED) is 0.247. The van der Waals surface area contributed by atoms with Crippen LogP contribution in [0.2, 0.25) is 0 Å². The second kappa shape index (κ2) is 15.5. The van der Waals surface area contributed by atoms with E-state index in [-0.39, 0.29) is 24.7 Å². The third-order valence-electron chi connectivity index (χ3n) is 10.2. The van der Waals surface area contributed by atoms with Crippen molar-refractivity contribution in [2.24, 2.45) is 0 Å². The van der Waals surface area contributed by atoms with E-state index in [9.17, 15) is 18.0 Å². The Labute approximate surface area is 301 Å². The molecule has 12 nitrogen and oxygen atoms in total. The number of carbonyl (C=O) groups excluding carboxylic acids is 2. The van der Waals surface area contributed by atoms with Gasteiger partial charge >= 0.3 is 22.3 Å². The molecule has 3 heterocycles. The first-order valence-electron chi connectivity index (χ1n) is 18.1. The molecule has 1 aliphatic carbocycles. The Bertz CT molecular complexity index is 1830. The van der Waals surface area contributed by atoms with Gasteiger partial charge in [0.1, 0.15) is 24.1 Å². The highest BCUT2D eigenvalue weighted by molar-refractivity contribution is 7.87. The molecule has 2 aromatic carbocycles. The Hall–Kier alpha value is -3.65. The first kappa shape index (κ1) is 37.1. The van der Waals surface area contributed by atoms with E-state index in [4.69, 9.17) is 18.9 Å². The lowest BCUT2D eigenvalue weighted by molar-refractivity contribution is -0.0142. The molecule has 1 amide bonds. The largest absolute Gasteiger partial charge is 0.490 e. The van der Waals surface area contributed by atoms with Crippen LogP contribution < -0.4 is 9.46 Å². The molecule has 1 N–H and O–H groups in total. The molecule has 0 radical (unpaired) electrons. The lowest BCUT2D eigenvalue weighted by Gasteiger charge is -2.30. The van der Waals surface area contributed by atoms with E-state index in [2.05, 4.69) is 27.7 Å². The highest BCUT2D eigenvalue weighted by atomic mass is 32.2. The zero-order valence-electron chi connectivity index (χ0n) is 30.5. The standard InChI is InChI=1S/C38H52N4O8S/c1-38(2,3)50-37(44)39-51(45,46)40(4)20-21-41-19-11-14-28(41)24-48-29-23-42-32-22-27(36(43)47-5)17-18-30(32)34(26-12-7-6-8-13-26)35(42)31-15-9-10-16-33(31)49-25-29/h9-10,15-18,22,26,28-29H,6-8,11-14,19-21,23-25H2,1-5H3,(H,39,44)/t28?,29-/m0/s1. The summed E-state index contributed by atoms with van der Waals surface area (Å²) in [5, 5.41) is 1.15. The summed E-state index contributed by atoms with van der Waals surface area (Å²) < 4.78 is 54.5. The molecule has 3 aromatic rings. The monoisotopic (exact) mass is 724 g/mol. The third kappa shape index (κ3) is 8.54. The minimum absolute atomic E-state index is 0.0993. The number of likely N-dealkylation sites (N-methyl/N-ethyl adjacent to an activating group) is 1. The van der Waals surface area contributed by atoms with Crippen LogP contribution in [0.3, 0.4) is 0 Å². The van der Waals surface area contributed by atoms with Gasteiger partial charge in [-0.15, -0.1) is 0 Å². The van der Waals surface area contributed by atoms with Crippen molar-refractivity contribution in [1.82, 2.24) is 18.5 Å². The fourth-order valence-corrected chi connectivity index (χ4v) is 8.46. The minimum Gasteiger partial charge on any atom is -0.490 e. The summed E-state index contributed by atoms with van der Waals surface area (Å²) in [6.45, 7) is 7.89. The molecule has 1 unspecified atom stereocenters. The predicted molar refractivity (Wildman–Crippen MR) is 195 cm³/mol. The number of esters is 1. The van der Waals surface area contributed by atoms with Crippen molar-refractivity contribution in [3.8, 4) is 17.0 Å². The van der Waals surface area contributed by atoms with Crippen LogP contribution in [0.4, 0.5) is 4.79 Å². The van der Waals surface area contributed by atoms with Crippen molar-refractivity contribution in [3.63, 3.8) is 0 Å². The topological polar surface area (TPSA) is 129 Å². The van der Waals surface area contributed by atoms with Crippen LogP contribution in [-0.4, -0.2) is 99.0 Å². The van der Waals surface area contributed by atoms with E-state index < -0.39 is 21.9 Å². The van der Waals surface area contributed by atoms with Gasteiger partial charge in [0.15, 0.2) is 0 Å². The van der Waals surface area contributed by atoms with Crippen molar-refractivity contribution in [3.05, 3.63) is 53.6 Å². The van der Waals surface area contributed by atoms with Gasteiger partial charge in [-0.25, -0.2) is 14.3 Å². The van der Waals surface area contributed by atoms with E-state index in [1.807, 2.05) is 29.0 Å². The summed E-state index contributed by atoms with van der Waals surface area (Å²) in [6.07, 6.45) is 6.51. The summed E-state index contributed by atoms with van der Waals surface area (Å²) in [7, 11) is -1.21. The van der Waals surface area contributed by atoms with Crippen molar-refractivity contribution in [2.45, 2.75) is 95.9 Å². The van der Waals surface area contributed by atoms with Gasteiger partial charge in [-0.05, 0) is 88.7 Å². The van der Waals surface area contributed by atoms with E-state index in [0.717, 1.165) is 64.4 Å². The van der Waals surface area contributed by atoms with E-state index >= 15 is 0 Å². The number of ether oxygens (including phenoxy) is 4. The highest BCUT2D eigenvalue weighted by Crippen LogP contribution is 2.47. The van der Waals surface area contributed by atoms with Gasteiger partial charge in [-0.2, -0.15) is 12.7 Å². The molecule has 1 saturated carbocycles. The number of benzene rings is 2. The van der Waals surface area contributed by atoms with Crippen molar-refractivity contribution in [1.29, 1.82) is 0 Å². The second-order valence-corrected chi connectivity index (χ2v) is 16.7. The summed E-state index contributed by atoms with van der Waals surface area (Å²) in [5.41, 5.74) is 4.19. The zero-order chi connectivity index (χ0) is 36.3. The van der Waals surface area contributed by atoms with Gasteiger partial charge < -0.3 is 23.5 Å². The Morgan fingerprint density at radius 1 is 1.04 bits per heavy atom. The van der Waals surface area contributed by atoms with Gasteiger partial charge in [-0.3, -0.25) is 4.90 Å². The lowest BCUT2D eigenvalue weighted by atomic mass is 9.81. The number of nitrogens with zero attached hydrogens (tertiary/aromatic N) is 3. The summed E-state index contributed by atoms with van der Waals surface area (Å²) in [4.78, 5) is 27.1. The average Bonchev–Trinajstić information content (AvgIpc) is 3.67. The van der Waals surface area contributed by atoms with Gasteiger partial charge in [0.25, 0.3) is 0 Å². The van der Waals surface area contributed by atoms with E-state index in [1.54, 1.807) is 20.8 Å². The minimum atomic E-state index is -4.06. The fourth-order valence-electron chi connectivity index (χ4n) is 7.73. The number of methoxy groups -OCH3 is 1. The van der Waals surface area contributed by atoms with Crippen LogP contribution >= 0.6 is 0 Å². The molecule has 1 aromatic heterocycles. The number of nitrogens with one attached hydrogen (secondary N) is 1. The smallest absolute Gasteiger partial charge is 0.422 e. The van der Waals surface area contributed by atoms with Crippen LogP contribution in [0.15, 0.2) is 42.5 Å². The molecule has 2 atom stereocenters. The van der Waals surface area contributed by atoms with Crippen LogP contribution in [0.25, 0.3) is 22.2 Å². The third-order valence-corrected chi connectivity index (χ3v) is 11.7. The van der Waals surface area contributed by atoms with Crippen LogP contribution in [0, 0.1) is 0 Å². The average molecular weight is 725 g/mol. The Morgan fingerprint density at radius 3 is 2.55 bits per heavy atom. The maximum Gasteiger partial charge on any atom is 0.422 e. The molecular formula is C38H52N4O8S. The molecule has 6 rings (SSSR count). The normalized spacial score (nSPS) is 20.3. The Morgan fingerprint density at radius 2 is 1.80 bits per heavy atom. The zero-order valence-corrected chi connectivity index (χ0v) is 31.3. The Kier molecular flexibility index (Phi) is 11.3. The molecule has 1 saturated heterocycles. The second-order valence-electron chi connectivity index (χ2n) is 15.0. The van der Waals surface area contributed by atoms with Crippen molar-refractivity contribution >= 4 is 33.2 Å². The molecule has 13 heteroatoms. The number of fused-ring (bicyclic) bond motifs is 5. The number of para-hydroxylation sites is 1. The van der Waals surface area contributed by atoms with Gasteiger partial charge in [0, 0.05) is 42.6 Å². The van der Waals surface area contributed by atoms with Crippen molar-refractivity contribution < 1.29 is 37.0 Å². The summed E-state index contributed by atoms with van der Waals surface area (Å²) >= 11 is 0. The van der Waals surface area contributed by atoms with Crippen molar-refractivity contribution in [2.75, 3.05) is 47.0 Å². The first-order chi connectivity index (χ1) is 24.3. The number of hydrogen-bond acceptors (Lipinski definition) is 9. The van der Waals surface area contributed by atoms with Crippen LogP contribution in [0.1, 0.15) is 87.6 Å². The predicted octanol–water partition coefficient (Wildman–Crippen LogP) is 6.09. The molecule has 3 aliphatic rings. The Balaban J connectivity index is 1.22. The molecule has 2 aliphatic heterocycles. The maximum atomic E-state index is 12.8. The lowest BCUT2D eigenvalue weighted by Crippen LogP contribution is -2.47. The number of carbonyl (C=O) groups is 2. The van der Waals surface area contributed by atoms with E-state index in [1.165, 1.54) is 39.0 Å². The number of rotatable bonds is 10.